The third-order valence-corrected chi connectivity index (χ3v) is 5.71. The van der Waals surface area contributed by atoms with Crippen LogP contribution >= 0.6 is 0 Å². The van der Waals surface area contributed by atoms with Crippen molar-refractivity contribution in [3.63, 3.8) is 0 Å². The molecule has 0 amide bonds. The lowest BCUT2D eigenvalue weighted by Crippen LogP contribution is -2.22. The van der Waals surface area contributed by atoms with Crippen molar-refractivity contribution in [2.75, 3.05) is 7.11 Å². The summed E-state index contributed by atoms with van der Waals surface area (Å²) >= 11 is 0. The van der Waals surface area contributed by atoms with Crippen molar-refractivity contribution in [2.24, 2.45) is 0 Å². The van der Waals surface area contributed by atoms with Crippen molar-refractivity contribution in [2.45, 2.75) is 12.3 Å². The summed E-state index contributed by atoms with van der Waals surface area (Å²) in [4.78, 5) is 25.4. The summed E-state index contributed by atoms with van der Waals surface area (Å²) in [6.45, 7) is 0. The van der Waals surface area contributed by atoms with Gasteiger partial charge in [0.25, 0.3) is 0 Å². The van der Waals surface area contributed by atoms with Crippen LogP contribution in [-0.2, 0) is 4.79 Å². The quantitative estimate of drug-likeness (QED) is 0.245. The second kappa shape index (κ2) is 7.59. The van der Waals surface area contributed by atoms with Gasteiger partial charge in [0, 0.05) is 17.5 Å². The Morgan fingerprint density at radius 1 is 0.970 bits per heavy atom. The predicted molar refractivity (Wildman–Crippen MR) is 118 cm³/mol. The van der Waals surface area contributed by atoms with E-state index in [1.54, 1.807) is 30.3 Å². The zero-order valence-corrected chi connectivity index (χ0v) is 17.4. The van der Waals surface area contributed by atoms with Gasteiger partial charge < -0.3 is 29.2 Å². The van der Waals surface area contributed by atoms with Crippen molar-refractivity contribution < 1.29 is 34.0 Å². The van der Waals surface area contributed by atoms with E-state index in [4.69, 9.17) is 13.9 Å². The van der Waals surface area contributed by atoms with E-state index < -0.39 is 28.8 Å². The number of methoxy groups -OCH3 is 1. The van der Waals surface area contributed by atoms with Crippen LogP contribution in [0.4, 0.5) is 0 Å². The van der Waals surface area contributed by atoms with Gasteiger partial charge in [-0.2, -0.15) is 0 Å². The minimum absolute atomic E-state index is 0.0144. The molecule has 8 heteroatoms. The maximum Gasteiger partial charge on any atom is 0.312 e. The van der Waals surface area contributed by atoms with Gasteiger partial charge in [0.2, 0.25) is 5.75 Å². The molecule has 0 saturated heterocycles. The monoisotopic (exact) mass is 446 g/mol. The summed E-state index contributed by atoms with van der Waals surface area (Å²) in [5.41, 5.74) is 0.771. The molecule has 8 nitrogen and oxygen atoms in total. The number of ether oxygens (including phenoxy) is 2. The summed E-state index contributed by atoms with van der Waals surface area (Å²) in [5, 5.41) is 31.2. The highest BCUT2D eigenvalue weighted by molar-refractivity contribution is 5.96. The van der Waals surface area contributed by atoms with Crippen LogP contribution in [0.2, 0.25) is 0 Å². The fourth-order valence-corrected chi connectivity index (χ4v) is 4.16. The molecule has 0 radical (unpaired) electrons. The normalized spacial score (nSPS) is 15.2. The molecule has 0 aliphatic carbocycles. The Morgan fingerprint density at radius 3 is 2.42 bits per heavy atom. The van der Waals surface area contributed by atoms with Gasteiger partial charge in [-0.1, -0.05) is 36.4 Å². The van der Waals surface area contributed by atoms with Crippen LogP contribution in [0.5, 0.6) is 28.7 Å². The first-order valence-corrected chi connectivity index (χ1v) is 10.1. The van der Waals surface area contributed by atoms with E-state index in [0.29, 0.717) is 11.1 Å². The van der Waals surface area contributed by atoms with Gasteiger partial charge in [0.05, 0.1) is 19.1 Å². The molecular weight excluding hydrogens is 428 g/mol. The minimum atomic E-state index is -0.735. The van der Waals surface area contributed by atoms with Crippen LogP contribution in [-0.4, -0.2) is 28.4 Å². The van der Waals surface area contributed by atoms with Crippen LogP contribution in [0.25, 0.3) is 22.3 Å². The first kappa shape index (κ1) is 20.4. The zero-order chi connectivity index (χ0) is 23.3. The van der Waals surface area contributed by atoms with Crippen molar-refractivity contribution in [3.05, 3.63) is 75.9 Å². The lowest BCUT2D eigenvalue weighted by molar-refractivity contribution is -0.135. The molecule has 33 heavy (non-hydrogen) atoms. The molecule has 1 aromatic heterocycles. The molecule has 4 aromatic rings. The Morgan fingerprint density at radius 2 is 1.73 bits per heavy atom. The van der Waals surface area contributed by atoms with Crippen molar-refractivity contribution in [1.82, 2.24) is 0 Å². The van der Waals surface area contributed by atoms with Crippen molar-refractivity contribution >= 4 is 16.9 Å². The van der Waals surface area contributed by atoms with Crippen LogP contribution in [0.3, 0.4) is 0 Å². The number of rotatable bonds is 3. The Balaban J connectivity index is 1.85. The number of benzene rings is 3. The Kier molecular flexibility index (Phi) is 4.70. The minimum Gasteiger partial charge on any atom is -0.504 e. The maximum absolute atomic E-state index is 13.0. The Hall–Kier alpha value is -4.46. The van der Waals surface area contributed by atoms with Gasteiger partial charge in [-0.3, -0.25) is 9.59 Å². The smallest absolute Gasteiger partial charge is 0.312 e. The Bertz CT molecular complexity index is 1470. The number of fused-ring (bicyclic) bond motifs is 3. The van der Waals surface area contributed by atoms with Crippen molar-refractivity contribution in [3.8, 4) is 40.1 Å². The average Bonchev–Trinajstić information content (AvgIpc) is 2.82. The highest BCUT2D eigenvalue weighted by atomic mass is 16.5. The SMILES string of the molecule is COc1ccc(C2CC(=O)Oc3c(O)c(O)c4c(=O)cc(-c5ccccc5)oc4c32)cc1O. The predicted octanol–water partition coefficient (Wildman–Crippen LogP) is 4.03. The summed E-state index contributed by atoms with van der Waals surface area (Å²) in [7, 11) is 1.41. The molecule has 0 saturated carbocycles. The van der Waals surface area contributed by atoms with E-state index in [-0.39, 0.29) is 46.0 Å². The van der Waals surface area contributed by atoms with E-state index in [1.165, 1.54) is 25.3 Å². The maximum atomic E-state index is 13.0. The largest absolute Gasteiger partial charge is 0.504 e. The topological polar surface area (TPSA) is 126 Å². The average molecular weight is 446 g/mol. The third-order valence-electron chi connectivity index (χ3n) is 5.71. The number of carbonyl (C=O) groups is 1. The second-order valence-electron chi connectivity index (χ2n) is 7.65. The number of hydrogen-bond donors (Lipinski definition) is 3. The summed E-state index contributed by atoms with van der Waals surface area (Å²) in [6.07, 6.45) is -0.142. The molecule has 5 rings (SSSR count). The van der Waals surface area contributed by atoms with Gasteiger partial charge >= 0.3 is 5.97 Å². The number of aromatic hydroxyl groups is 3. The van der Waals surface area contributed by atoms with E-state index >= 15 is 0 Å². The first-order chi connectivity index (χ1) is 15.9. The molecule has 3 aromatic carbocycles. The zero-order valence-electron chi connectivity index (χ0n) is 17.4. The first-order valence-electron chi connectivity index (χ1n) is 10.1. The molecule has 2 heterocycles. The van der Waals surface area contributed by atoms with E-state index in [1.807, 2.05) is 6.07 Å². The second-order valence-corrected chi connectivity index (χ2v) is 7.65. The highest BCUT2D eigenvalue weighted by Gasteiger charge is 2.37. The molecule has 166 valence electrons. The van der Waals surface area contributed by atoms with Gasteiger partial charge in [-0.25, -0.2) is 0 Å². The van der Waals surface area contributed by atoms with Crippen molar-refractivity contribution in [1.29, 1.82) is 0 Å². The van der Waals surface area contributed by atoms with E-state index in [2.05, 4.69) is 0 Å². The van der Waals surface area contributed by atoms with Gasteiger partial charge in [0.1, 0.15) is 16.7 Å². The van der Waals surface area contributed by atoms with Crippen LogP contribution in [0.1, 0.15) is 23.5 Å². The van der Waals surface area contributed by atoms with E-state index in [0.717, 1.165) is 0 Å². The lowest BCUT2D eigenvalue weighted by Gasteiger charge is -2.27. The molecule has 1 atom stereocenters. The molecule has 0 bridgehead atoms. The molecule has 0 spiro atoms. The third kappa shape index (κ3) is 3.23. The molecule has 1 aliphatic heterocycles. The molecular formula is C25H18O8. The summed E-state index contributed by atoms with van der Waals surface area (Å²) < 4.78 is 16.4. The lowest BCUT2D eigenvalue weighted by atomic mass is 9.84. The van der Waals surface area contributed by atoms with Gasteiger partial charge in [-0.15, -0.1) is 0 Å². The van der Waals surface area contributed by atoms with Gasteiger partial charge in [0.15, 0.2) is 28.4 Å². The molecule has 0 fully saturated rings. The fraction of sp³-hybridized carbons (Fsp3) is 0.120. The highest BCUT2D eigenvalue weighted by Crippen LogP contribution is 2.52. The van der Waals surface area contributed by atoms with Crippen LogP contribution < -0.4 is 14.9 Å². The van der Waals surface area contributed by atoms with Gasteiger partial charge in [-0.05, 0) is 17.7 Å². The fourth-order valence-electron chi connectivity index (χ4n) is 4.16. The Labute approximate surface area is 186 Å². The standard InChI is InChI=1S/C25H18O8/c1-31-17-8-7-13(9-15(17)26)14-10-19(28)33-25-20(14)24-21(22(29)23(25)30)16(27)11-18(32-24)12-5-3-2-4-6-12/h2-9,11,14,26,29-30H,10H2,1H3. The van der Waals surface area contributed by atoms with Crippen LogP contribution in [0, 0.1) is 0 Å². The number of carbonyl (C=O) groups excluding carboxylic acids is 1. The van der Waals surface area contributed by atoms with E-state index in [9.17, 15) is 24.9 Å². The molecule has 1 unspecified atom stereocenters. The summed E-state index contributed by atoms with van der Waals surface area (Å²) in [5.74, 6) is -2.79. The summed E-state index contributed by atoms with van der Waals surface area (Å²) in [6, 6.07) is 14.8. The molecule has 3 N–H and O–H groups in total. The number of phenolic OH excluding ortho intramolecular Hbond substituents is 3. The number of phenols is 3. The number of esters is 1. The van der Waals surface area contributed by atoms with Crippen LogP contribution in [0.15, 0.2) is 63.8 Å². The number of hydrogen-bond acceptors (Lipinski definition) is 8. The molecule has 1 aliphatic rings.